The summed E-state index contributed by atoms with van der Waals surface area (Å²) >= 11 is 3.44. The molecule has 0 saturated carbocycles. The minimum absolute atomic E-state index is 0.0477. The van der Waals surface area contributed by atoms with Crippen LogP contribution >= 0.6 is 15.9 Å². The van der Waals surface area contributed by atoms with Gasteiger partial charge >= 0.3 is 0 Å². The lowest BCUT2D eigenvalue weighted by atomic mass is 10.0. The van der Waals surface area contributed by atoms with Crippen molar-refractivity contribution in [2.75, 3.05) is 5.32 Å². The molecule has 1 N–H and O–H groups in total. The third kappa shape index (κ3) is 6.09. The topological polar surface area (TPSA) is 62.1 Å². The fourth-order valence-electron chi connectivity index (χ4n) is 3.59. The standard InChI is InChI=1S/C27H25BrN2O2/c1-17-9-18(2)11-25(10-17)30-27(31)23(15-29)14-22-12-19(3)26(20(4)13-22)32-16-21-5-7-24(28)8-6-21/h5-14H,16H2,1-4H3,(H,30,31)/b23-14+. The minimum Gasteiger partial charge on any atom is -0.488 e. The highest BCUT2D eigenvalue weighted by molar-refractivity contribution is 9.10. The Morgan fingerprint density at radius 2 is 1.59 bits per heavy atom. The molecule has 0 heterocycles. The van der Waals surface area contributed by atoms with Crippen molar-refractivity contribution in [3.63, 3.8) is 0 Å². The van der Waals surface area contributed by atoms with Gasteiger partial charge in [0.05, 0.1) is 0 Å². The van der Waals surface area contributed by atoms with Crippen molar-refractivity contribution in [1.82, 2.24) is 0 Å². The van der Waals surface area contributed by atoms with E-state index in [1.54, 1.807) is 6.08 Å². The van der Waals surface area contributed by atoms with Crippen LogP contribution in [0.5, 0.6) is 5.75 Å². The summed E-state index contributed by atoms with van der Waals surface area (Å²) in [7, 11) is 0. The second kappa shape index (κ2) is 10.3. The summed E-state index contributed by atoms with van der Waals surface area (Å²) in [4.78, 5) is 12.7. The molecule has 0 radical (unpaired) electrons. The van der Waals surface area contributed by atoms with Gasteiger partial charge in [-0.3, -0.25) is 4.79 Å². The molecular weight excluding hydrogens is 464 g/mol. The van der Waals surface area contributed by atoms with Gasteiger partial charge in [-0.1, -0.05) is 34.1 Å². The maximum absolute atomic E-state index is 12.7. The van der Waals surface area contributed by atoms with Gasteiger partial charge in [0.15, 0.2) is 0 Å². The Bertz CT molecular complexity index is 1180. The number of halogens is 1. The second-order valence-electron chi connectivity index (χ2n) is 7.90. The van der Waals surface area contributed by atoms with Crippen molar-refractivity contribution in [3.05, 3.63) is 98.0 Å². The van der Waals surface area contributed by atoms with Gasteiger partial charge in [-0.15, -0.1) is 0 Å². The first-order chi connectivity index (χ1) is 15.2. The van der Waals surface area contributed by atoms with Crippen LogP contribution in [0.3, 0.4) is 0 Å². The smallest absolute Gasteiger partial charge is 0.266 e. The summed E-state index contributed by atoms with van der Waals surface area (Å²) in [6, 6.07) is 19.7. The third-order valence-corrected chi connectivity index (χ3v) is 5.46. The molecule has 3 aromatic carbocycles. The molecule has 162 valence electrons. The molecule has 0 aliphatic carbocycles. The molecule has 0 aliphatic heterocycles. The lowest BCUT2D eigenvalue weighted by molar-refractivity contribution is -0.112. The van der Waals surface area contributed by atoms with E-state index < -0.39 is 5.91 Å². The molecule has 0 atom stereocenters. The summed E-state index contributed by atoms with van der Waals surface area (Å²) in [6.07, 6.45) is 1.61. The van der Waals surface area contributed by atoms with Gasteiger partial charge in [0, 0.05) is 10.2 Å². The van der Waals surface area contributed by atoms with Gasteiger partial charge in [-0.25, -0.2) is 0 Å². The van der Waals surface area contributed by atoms with Crippen LogP contribution in [0, 0.1) is 39.0 Å². The molecule has 3 aromatic rings. The zero-order valence-electron chi connectivity index (χ0n) is 18.6. The number of nitrogens with one attached hydrogen (secondary N) is 1. The molecule has 5 heteroatoms. The Morgan fingerprint density at radius 3 is 2.16 bits per heavy atom. The van der Waals surface area contributed by atoms with Crippen molar-refractivity contribution in [2.24, 2.45) is 0 Å². The number of anilines is 1. The first-order valence-corrected chi connectivity index (χ1v) is 11.0. The highest BCUT2D eigenvalue weighted by Crippen LogP contribution is 2.27. The number of hydrogen-bond donors (Lipinski definition) is 1. The summed E-state index contributed by atoms with van der Waals surface area (Å²) in [5.41, 5.74) is 6.57. The molecule has 0 bridgehead atoms. The first kappa shape index (κ1) is 23.3. The van der Waals surface area contributed by atoms with Crippen LogP contribution < -0.4 is 10.1 Å². The number of hydrogen-bond acceptors (Lipinski definition) is 3. The highest BCUT2D eigenvalue weighted by Gasteiger charge is 2.12. The van der Waals surface area contributed by atoms with Gasteiger partial charge < -0.3 is 10.1 Å². The fourth-order valence-corrected chi connectivity index (χ4v) is 3.86. The van der Waals surface area contributed by atoms with Gasteiger partial charge in [-0.2, -0.15) is 5.26 Å². The van der Waals surface area contributed by atoms with E-state index in [-0.39, 0.29) is 5.57 Å². The number of aryl methyl sites for hydroxylation is 4. The van der Waals surface area contributed by atoms with Crippen molar-refractivity contribution < 1.29 is 9.53 Å². The minimum atomic E-state index is -0.427. The van der Waals surface area contributed by atoms with E-state index in [0.717, 1.165) is 43.6 Å². The number of rotatable bonds is 6. The maximum Gasteiger partial charge on any atom is 0.266 e. The average Bonchev–Trinajstić information content (AvgIpc) is 2.72. The third-order valence-electron chi connectivity index (χ3n) is 4.93. The molecule has 4 nitrogen and oxygen atoms in total. The van der Waals surface area contributed by atoms with E-state index >= 15 is 0 Å². The second-order valence-corrected chi connectivity index (χ2v) is 8.81. The maximum atomic E-state index is 12.7. The van der Waals surface area contributed by atoms with Crippen molar-refractivity contribution in [2.45, 2.75) is 34.3 Å². The summed E-state index contributed by atoms with van der Waals surface area (Å²) in [5, 5.41) is 12.4. The summed E-state index contributed by atoms with van der Waals surface area (Å²) < 4.78 is 7.08. The largest absolute Gasteiger partial charge is 0.488 e. The molecule has 0 saturated heterocycles. The number of amides is 1. The van der Waals surface area contributed by atoms with E-state index in [2.05, 4.69) is 21.2 Å². The van der Waals surface area contributed by atoms with Crippen molar-refractivity contribution >= 4 is 33.6 Å². The van der Waals surface area contributed by atoms with E-state index in [1.165, 1.54) is 0 Å². The Hall–Kier alpha value is -3.36. The van der Waals surface area contributed by atoms with Gasteiger partial charge in [0.25, 0.3) is 5.91 Å². The van der Waals surface area contributed by atoms with Gasteiger partial charge in [0.2, 0.25) is 0 Å². The lowest BCUT2D eigenvalue weighted by Gasteiger charge is -2.14. The molecule has 0 spiro atoms. The van der Waals surface area contributed by atoms with Crippen LogP contribution in [-0.2, 0) is 11.4 Å². The molecule has 1 amide bonds. The predicted molar refractivity (Wildman–Crippen MR) is 133 cm³/mol. The summed E-state index contributed by atoms with van der Waals surface area (Å²) in [6.45, 7) is 8.32. The van der Waals surface area contributed by atoms with Gasteiger partial charge in [-0.05, 0) is 104 Å². The van der Waals surface area contributed by atoms with Crippen LogP contribution in [0.2, 0.25) is 0 Å². The SMILES string of the molecule is Cc1cc(C)cc(NC(=O)/C(C#N)=C/c2cc(C)c(OCc3ccc(Br)cc3)c(C)c2)c1. The normalized spacial score (nSPS) is 11.1. The number of nitrogens with zero attached hydrogens (tertiary/aromatic N) is 1. The molecule has 0 aliphatic rings. The molecule has 0 unspecified atom stereocenters. The van der Waals surface area contributed by atoms with Gasteiger partial charge in [0.1, 0.15) is 24.0 Å². The molecular formula is C27H25BrN2O2. The predicted octanol–water partition coefficient (Wildman–Crippen LogP) is 6.81. The Kier molecular flexibility index (Phi) is 7.50. The van der Waals surface area contributed by atoms with Crippen LogP contribution in [0.1, 0.15) is 33.4 Å². The van der Waals surface area contributed by atoms with E-state index in [0.29, 0.717) is 12.3 Å². The number of benzene rings is 3. The van der Waals surface area contributed by atoms with E-state index in [9.17, 15) is 10.1 Å². The Labute approximate surface area is 197 Å². The fraction of sp³-hybridized carbons (Fsp3) is 0.185. The van der Waals surface area contributed by atoms with E-state index in [1.807, 2.05) is 88.4 Å². The van der Waals surface area contributed by atoms with Crippen LogP contribution in [-0.4, -0.2) is 5.91 Å². The van der Waals surface area contributed by atoms with Crippen molar-refractivity contribution in [1.29, 1.82) is 5.26 Å². The average molecular weight is 489 g/mol. The summed E-state index contributed by atoms with van der Waals surface area (Å²) in [5.74, 6) is 0.381. The number of nitriles is 1. The lowest BCUT2D eigenvalue weighted by Crippen LogP contribution is -2.13. The first-order valence-electron chi connectivity index (χ1n) is 10.2. The Balaban J connectivity index is 1.77. The molecule has 0 fully saturated rings. The van der Waals surface area contributed by atoms with Crippen LogP contribution in [0.15, 0.2) is 64.6 Å². The van der Waals surface area contributed by atoms with Crippen LogP contribution in [0.4, 0.5) is 5.69 Å². The Morgan fingerprint density at radius 1 is 1.00 bits per heavy atom. The molecule has 0 aromatic heterocycles. The molecule has 32 heavy (non-hydrogen) atoms. The quantitative estimate of drug-likeness (QED) is 0.306. The number of ether oxygens (including phenoxy) is 1. The van der Waals surface area contributed by atoms with Crippen LogP contribution in [0.25, 0.3) is 6.08 Å². The number of carbonyl (C=O) groups excluding carboxylic acids is 1. The zero-order chi connectivity index (χ0) is 23.3. The molecule has 3 rings (SSSR count). The van der Waals surface area contributed by atoms with E-state index in [4.69, 9.17) is 4.74 Å². The number of carbonyl (C=O) groups is 1. The highest BCUT2D eigenvalue weighted by atomic mass is 79.9. The van der Waals surface area contributed by atoms with Crippen molar-refractivity contribution in [3.8, 4) is 11.8 Å². The zero-order valence-corrected chi connectivity index (χ0v) is 20.2. The monoisotopic (exact) mass is 488 g/mol.